The minimum Gasteiger partial charge on any atom is -0.396 e. The van der Waals surface area contributed by atoms with Gasteiger partial charge in [-0.1, -0.05) is 36.4 Å². The number of carbonyl (C=O) groups excluding carboxylic acids is 1. The van der Waals surface area contributed by atoms with Gasteiger partial charge in [-0.2, -0.15) is 0 Å². The summed E-state index contributed by atoms with van der Waals surface area (Å²) in [5.41, 5.74) is 1.79. The van der Waals surface area contributed by atoms with Crippen molar-refractivity contribution in [2.24, 2.45) is 11.8 Å². The number of benzene rings is 1. The van der Waals surface area contributed by atoms with Crippen LogP contribution in [0, 0.1) is 11.8 Å². The summed E-state index contributed by atoms with van der Waals surface area (Å²) in [6.07, 6.45) is 0. The number of amides is 1. The normalized spacial score (nSPS) is 26.9. The minimum atomic E-state index is -0.394. The van der Waals surface area contributed by atoms with Crippen LogP contribution in [-0.4, -0.2) is 28.2 Å². The van der Waals surface area contributed by atoms with Gasteiger partial charge in [0.15, 0.2) is 0 Å². The lowest BCUT2D eigenvalue weighted by Crippen LogP contribution is -2.43. The Hall–Kier alpha value is -2.44. The summed E-state index contributed by atoms with van der Waals surface area (Å²) in [5, 5.41) is 16.3. The molecule has 0 spiro atoms. The number of rotatable bonds is 4. The molecule has 0 saturated carbocycles. The van der Waals surface area contributed by atoms with Gasteiger partial charge < -0.3 is 20.3 Å². The molecule has 6 nitrogen and oxygen atoms in total. The molecule has 4 atom stereocenters. The standard InChI is InChI=1S/C19H21N3O3/c23-11-13-14-10-22-15(7-4-8-16(22)24)18(21-14)17(13)19(25)20-9-12-5-2-1-3-6-12/h1-8,13-14,17-18,21,23H,9-11H2,(H,20,25)/t13-,14-,17+,18+/m0/s1. The molecule has 3 heterocycles. The summed E-state index contributed by atoms with van der Waals surface area (Å²) in [7, 11) is 0. The smallest absolute Gasteiger partial charge is 0.250 e. The molecule has 1 fully saturated rings. The fourth-order valence-electron chi connectivity index (χ4n) is 4.10. The highest BCUT2D eigenvalue weighted by Crippen LogP contribution is 2.40. The molecule has 4 rings (SSSR count). The summed E-state index contributed by atoms with van der Waals surface area (Å²) in [6.45, 7) is 0.854. The third-order valence-corrected chi connectivity index (χ3v) is 5.34. The third-order valence-electron chi connectivity index (χ3n) is 5.34. The summed E-state index contributed by atoms with van der Waals surface area (Å²) in [4.78, 5) is 25.0. The first kappa shape index (κ1) is 16.1. The Labute approximate surface area is 145 Å². The van der Waals surface area contributed by atoms with Gasteiger partial charge in [0.1, 0.15) is 0 Å². The van der Waals surface area contributed by atoms with E-state index in [0.717, 1.165) is 11.3 Å². The van der Waals surface area contributed by atoms with Crippen molar-refractivity contribution in [3.63, 3.8) is 0 Å². The van der Waals surface area contributed by atoms with Gasteiger partial charge in [-0.15, -0.1) is 0 Å². The fourth-order valence-corrected chi connectivity index (χ4v) is 4.10. The van der Waals surface area contributed by atoms with E-state index in [1.54, 1.807) is 10.6 Å². The Morgan fingerprint density at radius 2 is 2.00 bits per heavy atom. The lowest BCUT2D eigenvalue weighted by Gasteiger charge is -2.27. The molecule has 130 valence electrons. The summed E-state index contributed by atoms with van der Waals surface area (Å²) < 4.78 is 1.72. The van der Waals surface area contributed by atoms with E-state index >= 15 is 0 Å². The average molecular weight is 339 g/mol. The molecule has 2 aromatic rings. The Kier molecular flexibility index (Phi) is 4.15. The monoisotopic (exact) mass is 339 g/mol. The number of fused-ring (bicyclic) bond motifs is 4. The van der Waals surface area contributed by atoms with Crippen molar-refractivity contribution in [3.05, 3.63) is 70.1 Å². The predicted molar refractivity (Wildman–Crippen MR) is 92.7 cm³/mol. The van der Waals surface area contributed by atoms with Gasteiger partial charge >= 0.3 is 0 Å². The van der Waals surface area contributed by atoms with Gasteiger partial charge in [0.05, 0.1) is 12.0 Å². The average Bonchev–Trinajstić information content (AvgIpc) is 2.94. The number of nitrogens with zero attached hydrogens (tertiary/aromatic N) is 1. The SMILES string of the molecule is O=C(NCc1ccccc1)[C@@H]1[C@@H](CO)[C@@H]2Cn3c(cccc3=O)[C@H]1N2. The molecule has 2 aliphatic heterocycles. The number of aliphatic hydroxyl groups is 1. The van der Waals surface area contributed by atoms with Crippen molar-refractivity contribution in [2.75, 3.05) is 6.61 Å². The highest BCUT2D eigenvalue weighted by atomic mass is 16.3. The van der Waals surface area contributed by atoms with E-state index < -0.39 is 5.92 Å². The van der Waals surface area contributed by atoms with Crippen LogP contribution in [0.3, 0.4) is 0 Å². The van der Waals surface area contributed by atoms with Gasteiger partial charge in [0, 0.05) is 43.4 Å². The molecule has 25 heavy (non-hydrogen) atoms. The van der Waals surface area contributed by atoms with Crippen LogP contribution in [0.5, 0.6) is 0 Å². The Morgan fingerprint density at radius 3 is 2.76 bits per heavy atom. The van der Waals surface area contributed by atoms with Crippen molar-refractivity contribution >= 4 is 5.91 Å². The van der Waals surface area contributed by atoms with Gasteiger partial charge in [-0.3, -0.25) is 9.59 Å². The summed E-state index contributed by atoms with van der Waals surface area (Å²) in [6, 6.07) is 14.5. The maximum absolute atomic E-state index is 12.9. The first-order valence-corrected chi connectivity index (χ1v) is 8.57. The van der Waals surface area contributed by atoms with Crippen LogP contribution in [0.25, 0.3) is 0 Å². The number of nitrogens with one attached hydrogen (secondary N) is 2. The molecule has 3 N–H and O–H groups in total. The second-order valence-electron chi connectivity index (χ2n) is 6.73. The minimum absolute atomic E-state index is 0.0592. The molecule has 2 bridgehead atoms. The van der Waals surface area contributed by atoms with E-state index in [0.29, 0.717) is 13.1 Å². The zero-order chi connectivity index (χ0) is 17.4. The van der Waals surface area contributed by atoms with Crippen LogP contribution in [0.4, 0.5) is 0 Å². The molecule has 0 aliphatic carbocycles. The summed E-state index contributed by atoms with van der Waals surface area (Å²) >= 11 is 0. The lowest BCUT2D eigenvalue weighted by molar-refractivity contribution is -0.127. The van der Waals surface area contributed by atoms with E-state index in [1.807, 2.05) is 36.4 Å². The van der Waals surface area contributed by atoms with Gasteiger partial charge in [-0.05, 0) is 11.6 Å². The quantitative estimate of drug-likeness (QED) is 0.754. The first-order chi connectivity index (χ1) is 12.2. The maximum atomic E-state index is 12.9. The number of aromatic nitrogens is 1. The van der Waals surface area contributed by atoms with Crippen molar-refractivity contribution in [1.29, 1.82) is 0 Å². The number of aliphatic hydroxyl groups excluding tert-OH is 1. The second kappa shape index (κ2) is 6.46. The van der Waals surface area contributed by atoms with Gasteiger partial charge in [0.2, 0.25) is 5.91 Å². The zero-order valence-corrected chi connectivity index (χ0v) is 13.8. The van der Waals surface area contributed by atoms with Crippen molar-refractivity contribution in [2.45, 2.75) is 25.2 Å². The number of pyridine rings is 1. The van der Waals surface area contributed by atoms with E-state index in [1.165, 1.54) is 6.07 Å². The molecule has 0 radical (unpaired) electrons. The van der Waals surface area contributed by atoms with E-state index in [9.17, 15) is 14.7 Å². The van der Waals surface area contributed by atoms with Crippen LogP contribution in [0.1, 0.15) is 17.3 Å². The number of hydrogen-bond donors (Lipinski definition) is 3. The Balaban J connectivity index is 1.59. The van der Waals surface area contributed by atoms with Crippen LogP contribution in [-0.2, 0) is 17.9 Å². The van der Waals surface area contributed by atoms with Crippen LogP contribution in [0.15, 0.2) is 53.3 Å². The molecule has 1 aromatic carbocycles. The molecular weight excluding hydrogens is 318 g/mol. The van der Waals surface area contributed by atoms with Crippen molar-refractivity contribution in [3.8, 4) is 0 Å². The largest absolute Gasteiger partial charge is 0.396 e. The van der Waals surface area contributed by atoms with Crippen LogP contribution >= 0.6 is 0 Å². The molecule has 0 unspecified atom stereocenters. The predicted octanol–water partition coefficient (Wildman–Crippen LogP) is 0.416. The maximum Gasteiger partial charge on any atom is 0.250 e. The Bertz CT molecular complexity index is 833. The fraction of sp³-hybridized carbons (Fsp3) is 0.368. The van der Waals surface area contributed by atoms with E-state index in [2.05, 4.69) is 10.6 Å². The summed E-state index contributed by atoms with van der Waals surface area (Å²) in [5.74, 6) is -0.693. The van der Waals surface area contributed by atoms with Crippen molar-refractivity contribution < 1.29 is 9.90 Å². The zero-order valence-electron chi connectivity index (χ0n) is 13.8. The Morgan fingerprint density at radius 1 is 1.20 bits per heavy atom. The molecule has 1 saturated heterocycles. The van der Waals surface area contributed by atoms with E-state index in [-0.39, 0.29) is 36.1 Å². The molecular formula is C19H21N3O3. The van der Waals surface area contributed by atoms with Crippen LogP contribution < -0.4 is 16.2 Å². The molecule has 1 aromatic heterocycles. The molecule has 6 heteroatoms. The van der Waals surface area contributed by atoms with Gasteiger partial charge in [-0.25, -0.2) is 0 Å². The lowest BCUT2D eigenvalue weighted by atomic mass is 9.86. The van der Waals surface area contributed by atoms with E-state index in [4.69, 9.17) is 0 Å². The number of hydrogen-bond acceptors (Lipinski definition) is 4. The highest BCUT2D eigenvalue weighted by Gasteiger charge is 2.50. The molecule has 2 aliphatic rings. The highest BCUT2D eigenvalue weighted by molar-refractivity contribution is 5.80. The molecule has 1 amide bonds. The first-order valence-electron chi connectivity index (χ1n) is 8.57. The third kappa shape index (κ3) is 2.77. The number of carbonyl (C=O) groups is 1. The van der Waals surface area contributed by atoms with Crippen molar-refractivity contribution in [1.82, 2.24) is 15.2 Å². The topological polar surface area (TPSA) is 83.4 Å². The van der Waals surface area contributed by atoms with Crippen LogP contribution in [0.2, 0.25) is 0 Å². The second-order valence-corrected chi connectivity index (χ2v) is 6.73. The van der Waals surface area contributed by atoms with Gasteiger partial charge in [0.25, 0.3) is 5.56 Å².